The van der Waals surface area contributed by atoms with Gasteiger partial charge in [0.2, 0.25) is 0 Å². The lowest BCUT2D eigenvalue weighted by Crippen LogP contribution is -1.93. The number of hydrogen-bond acceptors (Lipinski definition) is 3. The summed E-state index contributed by atoms with van der Waals surface area (Å²) in [6.45, 7) is 3.66. The van der Waals surface area contributed by atoms with Crippen molar-refractivity contribution >= 4 is 17.4 Å². The van der Waals surface area contributed by atoms with E-state index >= 15 is 0 Å². The average molecular weight is 195 g/mol. The molecule has 0 saturated heterocycles. The molecule has 0 aliphatic carbocycles. The molecule has 0 atom stereocenters. The maximum Gasteiger partial charge on any atom is 0.155 e. The van der Waals surface area contributed by atoms with Crippen LogP contribution in [0.5, 0.6) is 5.75 Å². The van der Waals surface area contributed by atoms with Gasteiger partial charge in [-0.05, 0) is 12.1 Å². The number of ether oxygens (including phenoxy) is 1. The van der Waals surface area contributed by atoms with Gasteiger partial charge >= 0.3 is 0 Å². The number of nitrogens with two attached hydrogens (primary N) is 1. The number of anilines is 1. The van der Waals surface area contributed by atoms with Gasteiger partial charge in [-0.3, -0.25) is 0 Å². The smallest absolute Gasteiger partial charge is 0.155 e. The maximum atomic E-state index is 5.74. The molecule has 70 valence electrons. The molecule has 0 aliphatic heterocycles. The van der Waals surface area contributed by atoms with Crippen molar-refractivity contribution in [3.63, 3.8) is 0 Å². The van der Waals surface area contributed by atoms with Crippen LogP contribution < -0.4 is 10.5 Å². The highest BCUT2D eigenvalue weighted by atomic mass is 32.2. The first-order valence-electron chi connectivity index (χ1n) is 3.95. The molecule has 0 saturated carbocycles. The zero-order valence-electron chi connectivity index (χ0n) is 7.62. The van der Waals surface area contributed by atoms with Gasteiger partial charge in [-0.1, -0.05) is 12.1 Å². The molecule has 0 bridgehead atoms. The molecule has 0 amide bonds. The van der Waals surface area contributed by atoms with Crippen LogP contribution in [0.3, 0.4) is 0 Å². The largest absolute Gasteiger partial charge is 0.493 e. The number of hydrogen-bond donors (Lipinski definition) is 1. The van der Waals surface area contributed by atoms with E-state index in [-0.39, 0.29) is 0 Å². The van der Waals surface area contributed by atoms with Gasteiger partial charge in [0, 0.05) is 5.75 Å². The van der Waals surface area contributed by atoms with E-state index < -0.39 is 0 Å². The van der Waals surface area contributed by atoms with Crippen LogP contribution in [0.25, 0.3) is 0 Å². The molecule has 0 aliphatic rings. The van der Waals surface area contributed by atoms with E-state index in [0.29, 0.717) is 5.69 Å². The van der Waals surface area contributed by atoms with Crippen LogP contribution >= 0.6 is 11.8 Å². The summed E-state index contributed by atoms with van der Waals surface area (Å²) in [5.41, 5.74) is 6.42. The van der Waals surface area contributed by atoms with E-state index in [9.17, 15) is 0 Å². The Balaban J connectivity index is 2.91. The lowest BCUT2D eigenvalue weighted by molar-refractivity contribution is 0.407. The molecule has 1 aromatic carbocycles. The SMILES string of the molecule is C=CCSc1cccc(N)c1OC. The fourth-order valence-electron chi connectivity index (χ4n) is 1.01. The highest BCUT2D eigenvalue weighted by molar-refractivity contribution is 7.99. The highest BCUT2D eigenvalue weighted by Crippen LogP contribution is 2.33. The number of nitrogen functional groups attached to an aromatic ring is 1. The number of methoxy groups -OCH3 is 1. The second kappa shape index (κ2) is 4.82. The third kappa shape index (κ3) is 2.42. The average Bonchev–Trinajstić information content (AvgIpc) is 2.15. The number of para-hydroxylation sites is 1. The Morgan fingerprint density at radius 3 is 3.00 bits per heavy atom. The van der Waals surface area contributed by atoms with E-state index in [4.69, 9.17) is 10.5 Å². The van der Waals surface area contributed by atoms with Gasteiger partial charge in [-0.2, -0.15) is 0 Å². The summed E-state index contributed by atoms with van der Waals surface area (Å²) in [4.78, 5) is 1.06. The van der Waals surface area contributed by atoms with Crippen LogP contribution in [-0.2, 0) is 0 Å². The van der Waals surface area contributed by atoms with E-state index in [0.717, 1.165) is 16.4 Å². The zero-order valence-corrected chi connectivity index (χ0v) is 8.43. The summed E-state index contributed by atoms with van der Waals surface area (Å²) < 4.78 is 5.19. The molecule has 2 nitrogen and oxygen atoms in total. The molecule has 2 N–H and O–H groups in total. The molecule has 3 heteroatoms. The first kappa shape index (κ1) is 9.99. The van der Waals surface area contributed by atoms with E-state index in [1.807, 2.05) is 24.3 Å². The fraction of sp³-hybridized carbons (Fsp3) is 0.200. The standard InChI is InChI=1S/C10H13NOS/c1-3-7-13-9-6-4-5-8(11)10(9)12-2/h3-6H,1,7,11H2,2H3. The summed E-state index contributed by atoms with van der Waals surface area (Å²) in [6, 6.07) is 5.74. The van der Waals surface area contributed by atoms with Gasteiger partial charge in [0.05, 0.1) is 17.7 Å². The van der Waals surface area contributed by atoms with Gasteiger partial charge in [0.1, 0.15) is 0 Å². The quantitative estimate of drug-likeness (QED) is 0.455. The fourth-order valence-corrected chi connectivity index (χ4v) is 1.82. The number of thioether (sulfide) groups is 1. The minimum Gasteiger partial charge on any atom is -0.493 e. The maximum absolute atomic E-state index is 5.74. The molecule has 1 rings (SSSR count). The van der Waals surface area contributed by atoms with E-state index in [1.165, 1.54) is 0 Å². The van der Waals surface area contributed by atoms with Crippen molar-refractivity contribution in [3.8, 4) is 5.75 Å². The second-order valence-electron chi connectivity index (χ2n) is 2.48. The number of rotatable bonds is 4. The van der Waals surface area contributed by atoms with Gasteiger partial charge < -0.3 is 10.5 Å². The van der Waals surface area contributed by atoms with Crippen molar-refractivity contribution in [1.29, 1.82) is 0 Å². The summed E-state index contributed by atoms with van der Waals surface area (Å²) in [7, 11) is 1.63. The Morgan fingerprint density at radius 1 is 1.62 bits per heavy atom. The topological polar surface area (TPSA) is 35.2 Å². The Morgan fingerprint density at radius 2 is 2.38 bits per heavy atom. The van der Waals surface area contributed by atoms with Crippen LogP contribution in [-0.4, -0.2) is 12.9 Å². The minimum atomic E-state index is 0.677. The van der Waals surface area contributed by atoms with E-state index in [1.54, 1.807) is 18.9 Å². The number of benzene rings is 1. The molecule has 0 spiro atoms. The van der Waals surface area contributed by atoms with Gasteiger partial charge in [0.25, 0.3) is 0 Å². The van der Waals surface area contributed by atoms with Gasteiger partial charge in [0.15, 0.2) is 5.75 Å². The van der Waals surface area contributed by atoms with Crippen LogP contribution in [0.15, 0.2) is 35.7 Å². The third-order valence-corrected chi connectivity index (χ3v) is 2.61. The van der Waals surface area contributed by atoms with Gasteiger partial charge in [-0.25, -0.2) is 0 Å². The highest BCUT2D eigenvalue weighted by Gasteiger charge is 2.05. The molecule has 0 aromatic heterocycles. The predicted molar refractivity (Wildman–Crippen MR) is 58.3 cm³/mol. The van der Waals surface area contributed by atoms with Crippen LogP contribution in [0, 0.1) is 0 Å². The lowest BCUT2D eigenvalue weighted by atomic mass is 10.3. The Kier molecular flexibility index (Phi) is 3.71. The second-order valence-corrected chi connectivity index (χ2v) is 3.54. The molecule has 13 heavy (non-hydrogen) atoms. The van der Waals surface area contributed by atoms with E-state index in [2.05, 4.69) is 6.58 Å². The molecule has 0 heterocycles. The molecule has 0 radical (unpaired) electrons. The third-order valence-electron chi connectivity index (χ3n) is 1.57. The summed E-state index contributed by atoms with van der Waals surface area (Å²) in [6.07, 6.45) is 1.85. The summed E-state index contributed by atoms with van der Waals surface area (Å²) in [5.74, 6) is 1.62. The van der Waals surface area contributed by atoms with Crippen molar-refractivity contribution in [2.45, 2.75) is 4.90 Å². The Bertz CT molecular complexity index is 299. The first-order chi connectivity index (χ1) is 6.29. The molecule has 1 aromatic rings. The molecular weight excluding hydrogens is 182 g/mol. The van der Waals surface area contributed by atoms with Crippen molar-refractivity contribution in [1.82, 2.24) is 0 Å². The molecule has 0 unspecified atom stereocenters. The van der Waals surface area contributed by atoms with Crippen LogP contribution in [0.4, 0.5) is 5.69 Å². The monoisotopic (exact) mass is 195 g/mol. The van der Waals surface area contributed by atoms with Crippen molar-refractivity contribution in [2.24, 2.45) is 0 Å². The summed E-state index contributed by atoms with van der Waals surface area (Å²) >= 11 is 1.66. The predicted octanol–water partition coefficient (Wildman–Crippen LogP) is 2.56. The van der Waals surface area contributed by atoms with Crippen molar-refractivity contribution in [3.05, 3.63) is 30.9 Å². The van der Waals surface area contributed by atoms with Crippen molar-refractivity contribution < 1.29 is 4.74 Å². The van der Waals surface area contributed by atoms with Crippen molar-refractivity contribution in [2.75, 3.05) is 18.6 Å². The molecule has 0 fully saturated rings. The normalized spacial score (nSPS) is 9.62. The first-order valence-corrected chi connectivity index (χ1v) is 4.94. The minimum absolute atomic E-state index is 0.677. The van der Waals surface area contributed by atoms with Crippen LogP contribution in [0.2, 0.25) is 0 Å². The Hall–Kier alpha value is -1.09. The van der Waals surface area contributed by atoms with Crippen LogP contribution in [0.1, 0.15) is 0 Å². The lowest BCUT2D eigenvalue weighted by Gasteiger charge is -2.08. The Labute approximate surface area is 82.8 Å². The summed E-state index contributed by atoms with van der Waals surface area (Å²) in [5, 5.41) is 0. The zero-order chi connectivity index (χ0) is 9.68. The van der Waals surface area contributed by atoms with Gasteiger partial charge in [-0.15, -0.1) is 18.3 Å². The molecular formula is C10H13NOS.